The number of hydrogen-bond donors (Lipinski definition) is 1. The summed E-state index contributed by atoms with van der Waals surface area (Å²) in [6.07, 6.45) is 0.704. The van der Waals surface area contributed by atoms with Gasteiger partial charge in [-0.15, -0.1) is 0 Å². The Balaban J connectivity index is 1.49. The van der Waals surface area contributed by atoms with E-state index in [1.807, 2.05) is 18.2 Å². The van der Waals surface area contributed by atoms with Gasteiger partial charge in [-0.25, -0.2) is 0 Å². The third-order valence-corrected chi connectivity index (χ3v) is 5.59. The molecule has 0 saturated carbocycles. The topological polar surface area (TPSA) is 92.7 Å². The number of benzene rings is 2. The third-order valence-electron chi connectivity index (χ3n) is 5.59. The Hall–Kier alpha value is -2.77. The number of non-ortho nitro benzene ring substituents is 1. The van der Waals surface area contributed by atoms with Gasteiger partial charge in [-0.2, -0.15) is 0 Å². The zero-order chi connectivity index (χ0) is 19.0. The summed E-state index contributed by atoms with van der Waals surface area (Å²) in [4.78, 5) is 27.4. The van der Waals surface area contributed by atoms with Crippen LogP contribution in [-0.4, -0.2) is 47.4 Å². The molecule has 0 bridgehead atoms. The average Bonchev–Trinajstić information content (AvgIpc) is 3.25. The number of nitro benzene ring substituents is 1. The lowest BCUT2D eigenvalue weighted by atomic mass is 9.95. The highest BCUT2D eigenvalue weighted by Gasteiger charge is 2.42. The fourth-order valence-corrected chi connectivity index (χ4v) is 4.20. The molecule has 1 amide bonds. The number of nitrogens with two attached hydrogens (primary N) is 1. The van der Waals surface area contributed by atoms with Gasteiger partial charge in [-0.3, -0.25) is 19.8 Å². The van der Waals surface area contributed by atoms with E-state index in [0.29, 0.717) is 25.2 Å². The molecule has 4 rings (SSSR count). The van der Waals surface area contributed by atoms with Crippen molar-refractivity contribution in [3.05, 3.63) is 70.3 Å². The molecule has 2 saturated heterocycles. The second-order valence-electron chi connectivity index (χ2n) is 7.21. The molecule has 140 valence electrons. The minimum absolute atomic E-state index is 0.00332. The standard InChI is InChI=1S/C20H22N4O3/c21-18-13-22(12-17(18)14-5-2-1-3-6-14)19-9-10-23(20(19)25)15-7-4-8-16(11-15)24(26)27/h1-8,11,17-19H,9-10,12-13,21H2/t17-,18+,19?/m0/s1. The average molecular weight is 366 g/mol. The summed E-state index contributed by atoms with van der Waals surface area (Å²) in [5, 5.41) is 11.0. The SMILES string of the molecule is N[C@@H]1CN(C2CCN(c3cccc([N+](=O)[O-])c3)C2=O)C[C@H]1c1ccccc1. The molecule has 0 aliphatic carbocycles. The Morgan fingerprint density at radius 3 is 2.59 bits per heavy atom. The predicted octanol–water partition coefficient (Wildman–Crippen LogP) is 2.13. The molecule has 1 unspecified atom stereocenters. The number of rotatable bonds is 4. The molecule has 0 aromatic heterocycles. The van der Waals surface area contributed by atoms with Gasteiger partial charge in [-0.05, 0) is 18.1 Å². The predicted molar refractivity (Wildman–Crippen MR) is 103 cm³/mol. The van der Waals surface area contributed by atoms with Crippen molar-refractivity contribution in [3.8, 4) is 0 Å². The minimum Gasteiger partial charge on any atom is -0.326 e. The normalized spacial score (nSPS) is 25.9. The fourth-order valence-electron chi connectivity index (χ4n) is 4.20. The van der Waals surface area contributed by atoms with Crippen LogP contribution in [-0.2, 0) is 4.79 Å². The Bertz CT molecular complexity index is 857. The number of carbonyl (C=O) groups excluding carboxylic acids is 1. The van der Waals surface area contributed by atoms with Crippen LogP contribution in [0.5, 0.6) is 0 Å². The van der Waals surface area contributed by atoms with Crippen LogP contribution in [0.15, 0.2) is 54.6 Å². The molecule has 3 atom stereocenters. The minimum atomic E-state index is -0.439. The molecular weight excluding hydrogens is 344 g/mol. The maximum absolute atomic E-state index is 13.0. The molecule has 2 aliphatic heterocycles. The van der Waals surface area contributed by atoms with Gasteiger partial charge in [0.2, 0.25) is 5.91 Å². The highest BCUT2D eigenvalue weighted by atomic mass is 16.6. The van der Waals surface area contributed by atoms with Crippen molar-refractivity contribution in [2.45, 2.75) is 24.4 Å². The number of anilines is 1. The lowest BCUT2D eigenvalue weighted by Gasteiger charge is -2.23. The second-order valence-corrected chi connectivity index (χ2v) is 7.21. The van der Waals surface area contributed by atoms with E-state index in [9.17, 15) is 14.9 Å². The molecule has 27 heavy (non-hydrogen) atoms. The number of likely N-dealkylation sites (tertiary alicyclic amines) is 1. The van der Waals surface area contributed by atoms with E-state index in [4.69, 9.17) is 5.73 Å². The van der Waals surface area contributed by atoms with Crippen molar-refractivity contribution < 1.29 is 9.72 Å². The first kappa shape index (κ1) is 17.6. The number of hydrogen-bond acceptors (Lipinski definition) is 5. The van der Waals surface area contributed by atoms with Crippen molar-refractivity contribution in [1.82, 2.24) is 4.90 Å². The van der Waals surface area contributed by atoms with Crippen molar-refractivity contribution >= 4 is 17.3 Å². The van der Waals surface area contributed by atoms with Crippen molar-refractivity contribution in [3.63, 3.8) is 0 Å². The molecule has 2 aliphatic rings. The van der Waals surface area contributed by atoms with E-state index >= 15 is 0 Å². The molecule has 2 aromatic rings. The maximum atomic E-state index is 13.0. The van der Waals surface area contributed by atoms with Gasteiger partial charge < -0.3 is 10.6 Å². The zero-order valence-corrected chi connectivity index (χ0v) is 14.9. The molecule has 7 heteroatoms. The number of nitro groups is 1. The number of carbonyl (C=O) groups is 1. The summed E-state index contributed by atoms with van der Waals surface area (Å²) >= 11 is 0. The van der Waals surface area contributed by atoms with E-state index in [2.05, 4.69) is 17.0 Å². The molecule has 0 spiro atoms. The van der Waals surface area contributed by atoms with Crippen LogP contribution >= 0.6 is 0 Å². The summed E-state index contributed by atoms with van der Waals surface area (Å²) in [6, 6.07) is 16.2. The van der Waals surface area contributed by atoms with Gasteiger partial charge in [0.1, 0.15) is 0 Å². The molecule has 2 N–H and O–H groups in total. The summed E-state index contributed by atoms with van der Waals surface area (Å²) in [6.45, 7) is 2.00. The number of amides is 1. The lowest BCUT2D eigenvalue weighted by Crippen LogP contribution is -2.41. The van der Waals surface area contributed by atoms with E-state index in [1.54, 1.807) is 17.0 Å². The van der Waals surface area contributed by atoms with Crippen molar-refractivity contribution in [1.29, 1.82) is 0 Å². The quantitative estimate of drug-likeness (QED) is 0.661. The fraction of sp³-hybridized carbons (Fsp3) is 0.350. The molecule has 2 aromatic carbocycles. The Labute approximate surface area is 157 Å². The monoisotopic (exact) mass is 366 g/mol. The van der Waals surface area contributed by atoms with E-state index < -0.39 is 4.92 Å². The van der Waals surface area contributed by atoms with Crippen LogP contribution in [0.4, 0.5) is 11.4 Å². The van der Waals surface area contributed by atoms with E-state index in [1.165, 1.54) is 17.7 Å². The molecule has 0 radical (unpaired) electrons. The van der Waals surface area contributed by atoms with Crippen LogP contribution in [0, 0.1) is 10.1 Å². The van der Waals surface area contributed by atoms with Crippen LogP contribution < -0.4 is 10.6 Å². The summed E-state index contributed by atoms with van der Waals surface area (Å²) in [5.41, 5.74) is 8.15. The maximum Gasteiger partial charge on any atom is 0.271 e. The van der Waals surface area contributed by atoms with E-state index in [0.717, 1.165) is 6.54 Å². The number of nitrogens with zero attached hydrogens (tertiary/aromatic N) is 3. The highest BCUT2D eigenvalue weighted by Crippen LogP contribution is 2.32. The second kappa shape index (κ2) is 7.09. The largest absolute Gasteiger partial charge is 0.326 e. The zero-order valence-electron chi connectivity index (χ0n) is 14.9. The molecule has 7 nitrogen and oxygen atoms in total. The van der Waals surface area contributed by atoms with Crippen LogP contribution in [0.25, 0.3) is 0 Å². The lowest BCUT2D eigenvalue weighted by molar-refractivity contribution is -0.384. The first-order valence-electron chi connectivity index (χ1n) is 9.15. The van der Waals surface area contributed by atoms with Gasteiger partial charge in [0, 0.05) is 43.7 Å². The van der Waals surface area contributed by atoms with Crippen molar-refractivity contribution in [2.24, 2.45) is 5.73 Å². The van der Waals surface area contributed by atoms with Gasteiger partial charge >= 0.3 is 0 Å². The summed E-state index contributed by atoms with van der Waals surface area (Å²) in [5.74, 6) is 0.210. The van der Waals surface area contributed by atoms with E-state index in [-0.39, 0.29) is 29.6 Å². The first-order chi connectivity index (χ1) is 13.0. The third kappa shape index (κ3) is 3.31. The Morgan fingerprint density at radius 2 is 1.85 bits per heavy atom. The summed E-state index contributed by atoms with van der Waals surface area (Å²) < 4.78 is 0. The smallest absolute Gasteiger partial charge is 0.271 e. The van der Waals surface area contributed by atoms with Gasteiger partial charge in [0.25, 0.3) is 5.69 Å². The van der Waals surface area contributed by atoms with Gasteiger partial charge in [0.15, 0.2) is 0 Å². The Kier molecular flexibility index (Phi) is 4.63. The van der Waals surface area contributed by atoms with Gasteiger partial charge in [0.05, 0.1) is 16.7 Å². The molecule has 2 heterocycles. The van der Waals surface area contributed by atoms with Crippen LogP contribution in [0.2, 0.25) is 0 Å². The Morgan fingerprint density at radius 1 is 1.07 bits per heavy atom. The highest BCUT2D eigenvalue weighted by molar-refractivity contribution is 5.99. The molecule has 2 fully saturated rings. The van der Waals surface area contributed by atoms with Crippen LogP contribution in [0.3, 0.4) is 0 Å². The molecular formula is C20H22N4O3. The van der Waals surface area contributed by atoms with Crippen LogP contribution in [0.1, 0.15) is 17.9 Å². The summed E-state index contributed by atoms with van der Waals surface area (Å²) in [7, 11) is 0. The van der Waals surface area contributed by atoms with Gasteiger partial charge in [-0.1, -0.05) is 36.4 Å². The first-order valence-corrected chi connectivity index (χ1v) is 9.15. The van der Waals surface area contributed by atoms with Crippen molar-refractivity contribution in [2.75, 3.05) is 24.5 Å².